The van der Waals surface area contributed by atoms with Crippen molar-refractivity contribution in [1.29, 1.82) is 0 Å². The molecule has 1 aromatic carbocycles. The summed E-state index contributed by atoms with van der Waals surface area (Å²) in [6.07, 6.45) is 0. The lowest BCUT2D eigenvalue weighted by Crippen LogP contribution is -2.43. The summed E-state index contributed by atoms with van der Waals surface area (Å²) in [5.74, 6) is -0.365. The molecule has 0 aromatic heterocycles. The first-order valence-corrected chi connectivity index (χ1v) is 8.84. The maximum atomic E-state index is 12.6. The molecule has 5 heteroatoms. The Morgan fingerprint density at radius 1 is 1.10 bits per heavy atom. The van der Waals surface area contributed by atoms with E-state index in [0.29, 0.717) is 6.54 Å². The maximum Gasteiger partial charge on any atom is 0.245 e. The molecule has 0 fully saturated rings. The molecule has 21 heavy (non-hydrogen) atoms. The lowest BCUT2D eigenvalue weighted by molar-refractivity contribution is -0.117. The largest absolute Gasteiger partial charge is 0.312 e. The van der Waals surface area contributed by atoms with Gasteiger partial charge in [0.25, 0.3) is 0 Å². The van der Waals surface area contributed by atoms with Crippen LogP contribution in [0.25, 0.3) is 0 Å². The zero-order valence-corrected chi connectivity index (χ0v) is 14.5. The minimum absolute atomic E-state index is 0.365. The molecule has 118 valence electrons. The van der Waals surface area contributed by atoms with Gasteiger partial charge < -0.3 is 4.90 Å². The van der Waals surface area contributed by atoms with E-state index >= 15 is 0 Å². The highest BCUT2D eigenvalue weighted by Gasteiger charge is 2.33. The second kappa shape index (κ2) is 6.60. The van der Waals surface area contributed by atoms with Gasteiger partial charge >= 0.3 is 0 Å². The van der Waals surface area contributed by atoms with Crippen molar-refractivity contribution in [2.45, 2.75) is 52.0 Å². The van der Waals surface area contributed by atoms with Crippen molar-refractivity contribution in [3.05, 3.63) is 29.3 Å². The van der Waals surface area contributed by atoms with Crippen molar-refractivity contribution in [2.24, 2.45) is 0 Å². The number of carbonyl (C=O) groups excluding carboxylic acids is 1. The van der Waals surface area contributed by atoms with Crippen LogP contribution in [0.1, 0.15) is 38.8 Å². The Morgan fingerprint density at radius 3 is 1.95 bits per heavy atom. The van der Waals surface area contributed by atoms with E-state index in [2.05, 4.69) is 0 Å². The minimum atomic E-state index is -3.45. The summed E-state index contributed by atoms with van der Waals surface area (Å²) >= 11 is 0. The van der Waals surface area contributed by atoms with Gasteiger partial charge in [-0.3, -0.25) is 4.79 Å². The Labute approximate surface area is 128 Å². The van der Waals surface area contributed by atoms with Crippen molar-refractivity contribution in [1.82, 2.24) is 0 Å². The lowest BCUT2D eigenvalue weighted by Gasteiger charge is -2.26. The summed E-state index contributed by atoms with van der Waals surface area (Å²) in [6.45, 7) is 10.9. The van der Waals surface area contributed by atoms with Crippen LogP contribution >= 0.6 is 0 Å². The van der Waals surface area contributed by atoms with Crippen LogP contribution in [0.2, 0.25) is 0 Å². The summed E-state index contributed by atoms with van der Waals surface area (Å²) in [5.41, 5.74) is 2.86. The topological polar surface area (TPSA) is 54.5 Å². The first-order valence-electron chi connectivity index (χ1n) is 7.23. The third kappa shape index (κ3) is 3.84. The molecule has 1 amide bonds. The number of benzene rings is 1. The summed E-state index contributed by atoms with van der Waals surface area (Å²) in [6, 6.07) is 5.84. The number of anilines is 1. The Balaban J connectivity index is 3.18. The van der Waals surface area contributed by atoms with Gasteiger partial charge in [-0.05, 0) is 64.8 Å². The van der Waals surface area contributed by atoms with Gasteiger partial charge in [-0.2, -0.15) is 0 Å². The predicted molar refractivity (Wildman–Crippen MR) is 87.5 cm³/mol. The molecule has 1 aromatic rings. The van der Waals surface area contributed by atoms with Crippen molar-refractivity contribution in [2.75, 3.05) is 11.4 Å². The van der Waals surface area contributed by atoms with Crippen LogP contribution in [0, 0.1) is 13.8 Å². The lowest BCUT2D eigenvalue weighted by atomic mass is 10.1. The number of amides is 1. The van der Waals surface area contributed by atoms with Crippen LogP contribution in [-0.2, 0) is 14.6 Å². The van der Waals surface area contributed by atoms with Crippen LogP contribution in [0.4, 0.5) is 5.69 Å². The smallest absolute Gasteiger partial charge is 0.245 e. The molecule has 0 aliphatic carbocycles. The van der Waals surface area contributed by atoms with E-state index < -0.39 is 20.3 Å². The highest BCUT2D eigenvalue weighted by Crippen LogP contribution is 2.21. The van der Waals surface area contributed by atoms with Gasteiger partial charge in [0.05, 0.1) is 5.25 Å². The third-order valence-corrected chi connectivity index (χ3v) is 6.10. The molecule has 4 nitrogen and oxygen atoms in total. The summed E-state index contributed by atoms with van der Waals surface area (Å²) in [5, 5.41) is -1.59. The first kappa shape index (κ1) is 17.7. The molecule has 1 unspecified atom stereocenters. The van der Waals surface area contributed by atoms with E-state index in [4.69, 9.17) is 0 Å². The zero-order valence-electron chi connectivity index (χ0n) is 13.7. The van der Waals surface area contributed by atoms with E-state index in [0.717, 1.165) is 16.8 Å². The van der Waals surface area contributed by atoms with Crippen LogP contribution in [0.15, 0.2) is 18.2 Å². The fourth-order valence-corrected chi connectivity index (χ4v) is 3.57. The van der Waals surface area contributed by atoms with Gasteiger partial charge in [0.15, 0.2) is 9.84 Å². The third-order valence-electron chi connectivity index (χ3n) is 3.60. The first-order chi connectivity index (χ1) is 9.61. The molecule has 0 saturated heterocycles. The Hall–Kier alpha value is -1.36. The molecule has 0 aliphatic rings. The Bertz CT molecular complexity index is 600. The summed E-state index contributed by atoms with van der Waals surface area (Å²) < 4.78 is 24.4. The number of nitrogens with zero attached hydrogens (tertiary/aromatic N) is 1. The molecule has 0 heterocycles. The van der Waals surface area contributed by atoms with Gasteiger partial charge in [-0.25, -0.2) is 8.42 Å². The van der Waals surface area contributed by atoms with Crippen molar-refractivity contribution in [3.63, 3.8) is 0 Å². The number of sulfone groups is 1. The quantitative estimate of drug-likeness (QED) is 0.840. The second-order valence-corrected chi connectivity index (χ2v) is 8.54. The van der Waals surface area contributed by atoms with Gasteiger partial charge in [0.2, 0.25) is 5.91 Å². The van der Waals surface area contributed by atoms with E-state index in [9.17, 15) is 13.2 Å². The molecule has 0 spiro atoms. The molecule has 0 radical (unpaired) electrons. The van der Waals surface area contributed by atoms with E-state index in [1.54, 1.807) is 18.7 Å². The molecular weight excluding hydrogens is 286 g/mol. The van der Waals surface area contributed by atoms with Crippen LogP contribution in [0.3, 0.4) is 0 Å². The van der Waals surface area contributed by atoms with Crippen molar-refractivity contribution >= 4 is 21.4 Å². The van der Waals surface area contributed by atoms with Gasteiger partial charge in [-0.1, -0.05) is 6.07 Å². The fourth-order valence-electron chi connectivity index (χ4n) is 2.34. The maximum absolute atomic E-state index is 12.6. The van der Waals surface area contributed by atoms with E-state index in [1.807, 2.05) is 39.0 Å². The highest BCUT2D eigenvalue weighted by atomic mass is 32.2. The molecule has 0 saturated carbocycles. The second-order valence-electron chi connectivity index (χ2n) is 5.71. The summed E-state index contributed by atoms with van der Waals surface area (Å²) in [7, 11) is -3.45. The zero-order chi connectivity index (χ0) is 16.4. The standard InChI is InChI=1S/C16H25NO3S/c1-7-17(15-9-12(4)8-13(5)10-15)16(18)14(6)21(19,20)11(2)3/h8-11,14H,7H2,1-6H3. The number of carbonyl (C=O) groups is 1. The number of hydrogen-bond acceptors (Lipinski definition) is 3. The number of rotatable bonds is 5. The van der Waals surface area contributed by atoms with Gasteiger partial charge in [-0.15, -0.1) is 0 Å². The molecule has 0 aliphatic heterocycles. The Kier molecular flexibility index (Phi) is 5.56. The number of hydrogen-bond donors (Lipinski definition) is 0. The molecule has 1 atom stereocenters. The fraction of sp³-hybridized carbons (Fsp3) is 0.562. The van der Waals surface area contributed by atoms with Crippen LogP contribution < -0.4 is 4.90 Å². The normalized spacial score (nSPS) is 13.3. The Morgan fingerprint density at radius 2 is 1.57 bits per heavy atom. The summed E-state index contributed by atoms with van der Waals surface area (Å²) in [4.78, 5) is 14.1. The minimum Gasteiger partial charge on any atom is -0.312 e. The molecule has 0 bridgehead atoms. The average Bonchev–Trinajstić information content (AvgIpc) is 2.37. The van der Waals surface area contributed by atoms with Crippen LogP contribution in [0.5, 0.6) is 0 Å². The predicted octanol–water partition coefficient (Wildman–Crippen LogP) is 2.87. The van der Waals surface area contributed by atoms with Gasteiger partial charge in [0.1, 0.15) is 5.25 Å². The van der Waals surface area contributed by atoms with Crippen molar-refractivity contribution < 1.29 is 13.2 Å². The SMILES string of the molecule is CCN(C(=O)C(C)S(=O)(=O)C(C)C)c1cc(C)cc(C)c1. The van der Waals surface area contributed by atoms with Crippen LogP contribution in [-0.4, -0.2) is 31.4 Å². The monoisotopic (exact) mass is 311 g/mol. The number of aryl methyl sites for hydroxylation is 2. The average molecular weight is 311 g/mol. The van der Waals surface area contributed by atoms with E-state index in [1.165, 1.54) is 6.92 Å². The molecule has 0 N–H and O–H groups in total. The highest BCUT2D eigenvalue weighted by molar-refractivity contribution is 7.93. The van der Waals surface area contributed by atoms with E-state index in [-0.39, 0.29) is 5.91 Å². The molecule has 1 rings (SSSR count). The molecular formula is C16H25NO3S. The van der Waals surface area contributed by atoms with Crippen molar-refractivity contribution in [3.8, 4) is 0 Å². The van der Waals surface area contributed by atoms with Gasteiger partial charge in [0, 0.05) is 12.2 Å².